The van der Waals surface area contributed by atoms with Crippen LogP contribution in [0.1, 0.15) is 22.8 Å². The van der Waals surface area contributed by atoms with Crippen molar-refractivity contribution in [2.24, 2.45) is 7.05 Å². The van der Waals surface area contributed by atoms with Gasteiger partial charge in [-0.1, -0.05) is 15.9 Å². The third-order valence-electron chi connectivity index (χ3n) is 3.32. The first kappa shape index (κ1) is 18.2. The van der Waals surface area contributed by atoms with E-state index in [0.717, 1.165) is 14.6 Å². The minimum Gasteiger partial charge on any atom is -0.352 e. The topological polar surface area (TPSA) is 72.4 Å². The van der Waals surface area contributed by atoms with Crippen LogP contribution in [0.15, 0.2) is 33.7 Å². The molecule has 0 unspecified atom stereocenters. The molecule has 2 N–H and O–H groups in total. The molecule has 0 atom stereocenters. The summed E-state index contributed by atoms with van der Waals surface area (Å²) in [5.41, 5.74) is 2.54. The Balaban J connectivity index is 2.52. The number of hydroxylamine groups is 1. The summed E-state index contributed by atoms with van der Waals surface area (Å²) in [6.45, 7) is 3.78. The maximum absolute atomic E-state index is 14.5. The van der Waals surface area contributed by atoms with E-state index in [1.54, 1.807) is 19.1 Å². The molecule has 0 aliphatic rings. The number of benzene rings is 1. The molecule has 8 heteroatoms. The Morgan fingerprint density at radius 3 is 2.75 bits per heavy atom. The summed E-state index contributed by atoms with van der Waals surface area (Å²) in [4.78, 5) is 28.9. The number of halogens is 2. The third-order valence-corrected chi connectivity index (χ3v) is 3.81. The van der Waals surface area contributed by atoms with Crippen LogP contribution in [0, 0.1) is 12.7 Å². The molecule has 2 aromatic rings. The van der Waals surface area contributed by atoms with Crippen LogP contribution >= 0.6 is 15.9 Å². The van der Waals surface area contributed by atoms with Gasteiger partial charge in [-0.05, 0) is 37.6 Å². The van der Waals surface area contributed by atoms with Crippen LogP contribution in [0.3, 0.4) is 0 Å². The second kappa shape index (κ2) is 7.59. The number of aromatic nitrogens is 1. The molecule has 0 bridgehead atoms. The summed E-state index contributed by atoms with van der Waals surface area (Å²) in [5.74, 6) is -1.69. The van der Waals surface area contributed by atoms with E-state index in [9.17, 15) is 14.0 Å². The first-order valence-corrected chi connectivity index (χ1v) is 7.98. The predicted octanol–water partition coefficient (Wildman–Crippen LogP) is 3.02. The average Bonchev–Trinajstić information content (AvgIpc) is 2.54. The molecule has 128 valence electrons. The van der Waals surface area contributed by atoms with Crippen LogP contribution in [0.2, 0.25) is 0 Å². The Bertz CT molecular complexity index is 836. The largest absolute Gasteiger partial charge is 0.352 e. The number of hydrogen-bond acceptors (Lipinski definition) is 4. The number of nitrogens with zero attached hydrogens (tertiary/aromatic N) is 1. The maximum atomic E-state index is 14.5. The summed E-state index contributed by atoms with van der Waals surface area (Å²) >= 11 is 3.35. The van der Waals surface area contributed by atoms with Crippen molar-refractivity contribution < 1.29 is 14.0 Å². The van der Waals surface area contributed by atoms with Gasteiger partial charge in [0.25, 0.3) is 11.5 Å². The highest BCUT2D eigenvalue weighted by atomic mass is 79.9. The molecule has 2 rings (SSSR count). The summed E-state index contributed by atoms with van der Waals surface area (Å²) in [6, 6.07) is 5.33. The van der Waals surface area contributed by atoms with Gasteiger partial charge >= 0.3 is 0 Å². The molecule has 6 nitrogen and oxygen atoms in total. The van der Waals surface area contributed by atoms with E-state index in [1.165, 1.54) is 13.2 Å². The Labute approximate surface area is 146 Å². The predicted molar refractivity (Wildman–Crippen MR) is 92.9 cm³/mol. The van der Waals surface area contributed by atoms with E-state index in [2.05, 4.69) is 26.7 Å². The quantitative estimate of drug-likeness (QED) is 0.760. The molecule has 0 saturated carbocycles. The van der Waals surface area contributed by atoms with Gasteiger partial charge in [-0.15, -0.1) is 0 Å². The number of amides is 1. The average molecular weight is 398 g/mol. The molecular weight excluding hydrogens is 381 g/mol. The van der Waals surface area contributed by atoms with Gasteiger partial charge in [0.2, 0.25) is 5.82 Å². The minimum absolute atomic E-state index is 0.0367. The summed E-state index contributed by atoms with van der Waals surface area (Å²) < 4.78 is 16.4. The first-order chi connectivity index (χ1) is 11.3. The van der Waals surface area contributed by atoms with Gasteiger partial charge in [-0.2, -0.15) is 4.39 Å². The molecule has 0 radical (unpaired) electrons. The standard InChI is InChI=1S/C16H17BrFN3O3/c1-4-24-20-15(22)11-8-21(3)16(23)13(18)14(11)19-12-6-5-10(17)7-9(12)2/h5-8,19H,4H2,1-3H3,(H,20,22). The van der Waals surface area contributed by atoms with Crippen molar-refractivity contribution in [3.63, 3.8) is 0 Å². The number of pyridine rings is 1. The van der Waals surface area contributed by atoms with E-state index in [-0.39, 0.29) is 17.9 Å². The van der Waals surface area contributed by atoms with Crippen LogP contribution in [-0.4, -0.2) is 17.1 Å². The normalized spacial score (nSPS) is 10.5. The SMILES string of the molecule is CCONC(=O)c1cn(C)c(=O)c(F)c1Nc1ccc(Br)cc1C. The number of carbonyl (C=O) groups is 1. The third kappa shape index (κ3) is 3.82. The zero-order chi connectivity index (χ0) is 17.9. The lowest BCUT2D eigenvalue weighted by Crippen LogP contribution is -2.29. The zero-order valence-corrected chi connectivity index (χ0v) is 15.0. The van der Waals surface area contributed by atoms with Crippen molar-refractivity contribution >= 4 is 33.2 Å². The van der Waals surface area contributed by atoms with Crippen LogP contribution in [-0.2, 0) is 11.9 Å². The lowest BCUT2D eigenvalue weighted by molar-refractivity contribution is 0.0364. The Morgan fingerprint density at radius 2 is 2.12 bits per heavy atom. The van der Waals surface area contributed by atoms with Crippen LogP contribution in [0.5, 0.6) is 0 Å². The lowest BCUT2D eigenvalue weighted by Gasteiger charge is -2.15. The highest BCUT2D eigenvalue weighted by Crippen LogP contribution is 2.26. The molecule has 0 saturated heterocycles. The van der Waals surface area contributed by atoms with E-state index in [0.29, 0.717) is 5.69 Å². The fraction of sp³-hybridized carbons (Fsp3) is 0.250. The molecule has 1 aromatic heterocycles. The van der Waals surface area contributed by atoms with Gasteiger partial charge in [0.1, 0.15) is 0 Å². The molecule has 24 heavy (non-hydrogen) atoms. The van der Waals surface area contributed by atoms with Gasteiger partial charge in [0, 0.05) is 23.4 Å². The first-order valence-electron chi connectivity index (χ1n) is 7.19. The van der Waals surface area contributed by atoms with Crippen molar-refractivity contribution in [1.82, 2.24) is 10.0 Å². The fourth-order valence-electron chi connectivity index (χ4n) is 2.09. The van der Waals surface area contributed by atoms with Crippen molar-refractivity contribution in [1.29, 1.82) is 0 Å². The summed E-state index contributed by atoms with van der Waals surface area (Å²) in [5, 5.41) is 2.84. The van der Waals surface area contributed by atoms with E-state index < -0.39 is 17.3 Å². The molecule has 0 fully saturated rings. The van der Waals surface area contributed by atoms with Gasteiger partial charge in [-0.25, -0.2) is 5.48 Å². The minimum atomic E-state index is -1.04. The molecule has 1 aromatic carbocycles. The van der Waals surface area contributed by atoms with Gasteiger partial charge in [0.05, 0.1) is 17.9 Å². The summed E-state index contributed by atoms with van der Waals surface area (Å²) in [6.07, 6.45) is 1.26. The highest BCUT2D eigenvalue weighted by Gasteiger charge is 2.20. The van der Waals surface area contributed by atoms with Crippen LogP contribution < -0.4 is 16.4 Å². The number of aryl methyl sites for hydroxylation is 2. The number of carbonyl (C=O) groups excluding carboxylic acids is 1. The number of nitrogens with one attached hydrogen (secondary N) is 2. The molecular formula is C16H17BrFN3O3. The van der Waals surface area contributed by atoms with Crippen molar-refractivity contribution in [2.45, 2.75) is 13.8 Å². The van der Waals surface area contributed by atoms with E-state index in [4.69, 9.17) is 4.84 Å². The maximum Gasteiger partial charge on any atom is 0.288 e. The molecule has 0 aliphatic heterocycles. The van der Waals surface area contributed by atoms with Gasteiger partial charge in [0.15, 0.2) is 0 Å². The second-order valence-corrected chi connectivity index (χ2v) is 6.01. The number of anilines is 2. The van der Waals surface area contributed by atoms with Gasteiger partial charge in [-0.3, -0.25) is 14.4 Å². The summed E-state index contributed by atoms with van der Waals surface area (Å²) in [7, 11) is 1.37. The monoisotopic (exact) mass is 397 g/mol. The second-order valence-electron chi connectivity index (χ2n) is 5.10. The lowest BCUT2D eigenvalue weighted by atomic mass is 10.1. The van der Waals surface area contributed by atoms with Crippen LogP contribution in [0.25, 0.3) is 0 Å². The van der Waals surface area contributed by atoms with Crippen LogP contribution in [0.4, 0.5) is 15.8 Å². The smallest absolute Gasteiger partial charge is 0.288 e. The van der Waals surface area contributed by atoms with Crippen molar-refractivity contribution in [2.75, 3.05) is 11.9 Å². The van der Waals surface area contributed by atoms with E-state index in [1.807, 2.05) is 13.0 Å². The van der Waals surface area contributed by atoms with Gasteiger partial charge < -0.3 is 9.88 Å². The fourth-order valence-corrected chi connectivity index (χ4v) is 2.56. The number of hydrogen-bond donors (Lipinski definition) is 2. The highest BCUT2D eigenvalue weighted by molar-refractivity contribution is 9.10. The molecule has 0 spiro atoms. The van der Waals surface area contributed by atoms with Crippen molar-refractivity contribution in [3.05, 3.63) is 56.2 Å². The Morgan fingerprint density at radius 1 is 1.42 bits per heavy atom. The molecule has 1 heterocycles. The zero-order valence-electron chi connectivity index (χ0n) is 13.4. The Hall–Kier alpha value is -2.19. The number of rotatable bonds is 5. The van der Waals surface area contributed by atoms with E-state index >= 15 is 0 Å². The molecule has 1 amide bonds. The van der Waals surface area contributed by atoms with Crippen molar-refractivity contribution in [3.8, 4) is 0 Å². The molecule has 0 aliphatic carbocycles. The Kier molecular flexibility index (Phi) is 5.74.